The highest BCUT2D eigenvalue weighted by atomic mass is 16.5. The Balaban J connectivity index is 1.36. The van der Waals surface area contributed by atoms with E-state index in [1.807, 2.05) is 4.68 Å². The van der Waals surface area contributed by atoms with Crippen LogP contribution in [-0.4, -0.2) is 83.0 Å². The second-order valence-corrected chi connectivity index (χ2v) is 9.54. The Morgan fingerprint density at radius 2 is 1.76 bits per heavy atom. The van der Waals surface area contributed by atoms with Gasteiger partial charge in [-0.2, -0.15) is 0 Å². The van der Waals surface area contributed by atoms with Crippen molar-refractivity contribution in [2.75, 3.05) is 51.8 Å². The minimum absolute atomic E-state index is 0.0199. The summed E-state index contributed by atoms with van der Waals surface area (Å²) < 4.78 is 7.85. The lowest BCUT2D eigenvalue weighted by Crippen LogP contribution is -2.48. The molecule has 34 heavy (non-hydrogen) atoms. The number of hydrogen-bond donors (Lipinski definition) is 0. The summed E-state index contributed by atoms with van der Waals surface area (Å²) in [6.07, 6.45) is 2.38. The van der Waals surface area contributed by atoms with E-state index in [1.54, 1.807) is 0 Å². The first-order valence-electron chi connectivity index (χ1n) is 12.3. The Bertz CT molecular complexity index is 1020. The Labute approximate surface area is 202 Å². The fraction of sp³-hybridized carbons (Fsp3) is 0.500. The van der Waals surface area contributed by atoms with Crippen molar-refractivity contribution >= 4 is 5.69 Å². The highest BCUT2D eigenvalue weighted by Gasteiger charge is 2.31. The van der Waals surface area contributed by atoms with Crippen LogP contribution < -0.4 is 4.90 Å². The second kappa shape index (κ2) is 10.6. The number of anilines is 1. The number of benzene rings is 2. The summed E-state index contributed by atoms with van der Waals surface area (Å²) in [6, 6.07) is 19.6. The first kappa shape index (κ1) is 23.0. The molecule has 0 amide bonds. The molecule has 2 aromatic carbocycles. The third kappa shape index (κ3) is 5.29. The Hall–Kier alpha value is -2.81. The van der Waals surface area contributed by atoms with Crippen LogP contribution in [0, 0.1) is 0 Å². The second-order valence-electron chi connectivity index (χ2n) is 9.54. The highest BCUT2D eigenvalue weighted by molar-refractivity contribution is 5.47. The largest absolute Gasteiger partial charge is 0.378 e. The zero-order valence-corrected chi connectivity index (χ0v) is 20.3. The van der Waals surface area contributed by atoms with Crippen LogP contribution in [0.15, 0.2) is 54.6 Å². The Kier molecular flexibility index (Phi) is 7.18. The van der Waals surface area contributed by atoms with Gasteiger partial charge in [-0.1, -0.05) is 42.5 Å². The molecule has 2 fully saturated rings. The van der Waals surface area contributed by atoms with Gasteiger partial charge in [0.05, 0.1) is 18.7 Å². The van der Waals surface area contributed by atoms with Crippen molar-refractivity contribution in [1.82, 2.24) is 30.0 Å². The van der Waals surface area contributed by atoms with Gasteiger partial charge in [-0.3, -0.25) is 9.80 Å². The number of piperazine rings is 1. The van der Waals surface area contributed by atoms with Crippen LogP contribution in [0.1, 0.15) is 35.8 Å². The lowest BCUT2D eigenvalue weighted by Gasteiger charge is -2.39. The van der Waals surface area contributed by atoms with Gasteiger partial charge in [-0.25, -0.2) is 4.68 Å². The summed E-state index contributed by atoms with van der Waals surface area (Å²) in [5.74, 6) is 0.907. The van der Waals surface area contributed by atoms with Crippen molar-refractivity contribution in [1.29, 1.82) is 0 Å². The number of hydrogen-bond acceptors (Lipinski definition) is 7. The number of rotatable bonds is 8. The van der Waals surface area contributed by atoms with E-state index in [9.17, 15) is 0 Å². The molecule has 0 N–H and O–H groups in total. The van der Waals surface area contributed by atoms with Gasteiger partial charge in [0, 0.05) is 59.1 Å². The number of ether oxygens (including phenoxy) is 1. The van der Waals surface area contributed by atoms with E-state index in [4.69, 9.17) is 4.74 Å². The fourth-order valence-corrected chi connectivity index (χ4v) is 5.02. The molecule has 8 nitrogen and oxygen atoms in total. The van der Waals surface area contributed by atoms with E-state index in [0.29, 0.717) is 6.54 Å². The Morgan fingerprint density at radius 1 is 1.00 bits per heavy atom. The summed E-state index contributed by atoms with van der Waals surface area (Å²) >= 11 is 0. The van der Waals surface area contributed by atoms with Gasteiger partial charge in [-0.05, 0) is 46.5 Å². The molecule has 0 unspecified atom stereocenters. The van der Waals surface area contributed by atoms with Gasteiger partial charge in [0.15, 0.2) is 5.82 Å². The van der Waals surface area contributed by atoms with Crippen molar-refractivity contribution in [3.8, 4) is 0 Å². The average Bonchev–Trinajstić information content (AvgIpc) is 3.54. The topological polar surface area (TPSA) is 62.6 Å². The predicted molar refractivity (Wildman–Crippen MR) is 133 cm³/mol. The molecule has 5 rings (SSSR count). The minimum atomic E-state index is 0.0199. The molecule has 0 bridgehead atoms. The molecule has 2 aliphatic heterocycles. The standard InChI is InChI=1S/C26H35N7O/c1-30(2)23-12-10-22(11-13-23)25(26-27-28-29-33(26)20-24-9-6-18-34-24)32-16-14-31(15-17-32)19-21-7-4-3-5-8-21/h3-5,7-8,10-13,24-25H,6,9,14-20H2,1-2H3/t24-,25-/m0/s1. The molecule has 2 atom stereocenters. The van der Waals surface area contributed by atoms with E-state index in [2.05, 4.69) is 98.9 Å². The normalized spacial score (nSPS) is 20.5. The molecule has 3 heterocycles. The molecule has 3 aromatic rings. The molecule has 8 heteroatoms. The SMILES string of the molecule is CN(C)c1ccc([C@@H](c2nnnn2C[C@@H]2CCCO2)N2CCN(Cc3ccccc3)CC2)cc1. The summed E-state index contributed by atoms with van der Waals surface area (Å²) in [4.78, 5) is 7.19. The quantitative estimate of drug-likeness (QED) is 0.511. The van der Waals surface area contributed by atoms with Gasteiger partial charge < -0.3 is 9.64 Å². The molecular weight excluding hydrogens is 426 g/mol. The maximum Gasteiger partial charge on any atom is 0.173 e. The summed E-state index contributed by atoms with van der Waals surface area (Å²) in [5, 5.41) is 13.0. The summed E-state index contributed by atoms with van der Waals surface area (Å²) in [5.41, 5.74) is 3.78. The zero-order valence-electron chi connectivity index (χ0n) is 20.3. The lowest BCUT2D eigenvalue weighted by atomic mass is 10.0. The monoisotopic (exact) mass is 461 g/mol. The molecule has 2 saturated heterocycles. The van der Waals surface area contributed by atoms with Gasteiger partial charge in [-0.15, -0.1) is 5.10 Å². The first-order valence-corrected chi connectivity index (χ1v) is 12.3. The third-order valence-electron chi connectivity index (χ3n) is 6.95. The third-order valence-corrected chi connectivity index (χ3v) is 6.95. The number of nitrogens with zero attached hydrogens (tertiary/aromatic N) is 7. The van der Waals surface area contributed by atoms with E-state index in [0.717, 1.165) is 58.0 Å². The molecule has 180 valence electrons. The van der Waals surface area contributed by atoms with Crippen molar-refractivity contribution in [3.05, 3.63) is 71.5 Å². The van der Waals surface area contributed by atoms with Crippen molar-refractivity contribution in [3.63, 3.8) is 0 Å². The zero-order chi connectivity index (χ0) is 23.3. The Morgan fingerprint density at radius 3 is 2.44 bits per heavy atom. The maximum absolute atomic E-state index is 5.88. The minimum Gasteiger partial charge on any atom is -0.378 e. The van der Waals surface area contributed by atoms with E-state index in [1.165, 1.54) is 16.8 Å². The van der Waals surface area contributed by atoms with Crippen LogP contribution in [0.2, 0.25) is 0 Å². The van der Waals surface area contributed by atoms with Crippen LogP contribution in [0.3, 0.4) is 0 Å². The van der Waals surface area contributed by atoms with Crippen molar-refractivity contribution in [2.45, 2.75) is 38.1 Å². The molecule has 0 spiro atoms. The van der Waals surface area contributed by atoms with Crippen LogP contribution in [0.25, 0.3) is 0 Å². The molecule has 0 saturated carbocycles. The number of aromatic nitrogens is 4. The van der Waals surface area contributed by atoms with Gasteiger partial charge in [0.25, 0.3) is 0 Å². The lowest BCUT2D eigenvalue weighted by molar-refractivity contribution is 0.0842. The van der Waals surface area contributed by atoms with Crippen LogP contribution in [0.5, 0.6) is 0 Å². The average molecular weight is 462 g/mol. The maximum atomic E-state index is 5.88. The van der Waals surface area contributed by atoms with Crippen molar-refractivity contribution in [2.24, 2.45) is 0 Å². The van der Waals surface area contributed by atoms with E-state index >= 15 is 0 Å². The van der Waals surface area contributed by atoms with Crippen LogP contribution in [0.4, 0.5) is 5.69 Å². The van der Waals surface area contributed by atoms with E-state index < -0.39 is 0 Å². The summed E-state index contributed by atoms with van der Waals surface area (Å²) in [7, 11) is 4.14. The predicted octanol–water partition coefficient (Wildman–Crippen LogP) is 2.83. The van der Waals surface area contributed by atoms with Crippen LogP contribution >= 0.6 is 0 Å². The fourth-order valence-electron chi connectivity index (χ4n) is 5.02. The van der Waals surface area contributed by atoms with Gasteiger partial charge in [0.1, 0.15) is 0 Å². The van der Waals surface area contributed by atoms with Crippen LogP contribution in [-0.2, 0) is 17.8 Å². The molecular formula is C26H35N7O. The number of tetrazole rings is 1. The van der Waals surface area contributed by atoms with Gasteiger partial charge >= 0.3 is 0 Å². The van der Waals surface area contributed by atoms with Gasteiger partial charge in [0.2, 0.25) is 0 Å². The van der Waals surface area contributed by atoms with Crippen molar-refractivity contribution < 1.29 is 4.74 Å². The molecule has 2 aliphatic rings. The molecule has 0 aliphatic carbocycles. The smallest absolute Gasteiger partial charge is 0.173 e. The summed E-state index contributed by atoms with van der Waals surface area (Å²) in [6.45, 7) is 6.53. The van der Waals surface area contributed by atoms with E-state index in [-0.39, 0.29) is 12.1 Å². The molecule has 0 radical (unpaired) electrons. The first-order chi connectivity index (χ1) is 16.7. The highest BCUT2D eigenvalue weighted by Crippen LogP contribution is 2.30. The molecule has 1 aromatic heterocycles.